The summed E-state index contributed by atoms with van der Waals surface area (Å²) in [5, 5.41) is 0. The molecule has 0 bridgehead atoms. The maximum Gasteiger partial charge on any atom is 0.227 e. The normalized spacial score (nSPS) is 10.2. The van der Waals surface area contributed by atoms with E-state index < -0.39 is 0 Å². The Balaban J connectivity index is 2.93. The molecule has 1 radical (unpaired) electrons. The standard InChI is InChI=1S/C12H21N4/c1-5-15(6-2)11-9-10-13-12(14-11)16(7-3)8-4/h9H,5-8H2,1-4H3. The van der Waals surface area contributed by atoms with Crippen LogP contribution >= 0.6 is 0 Å². The van der Waals surface area contributed by atoms with Crippen LogP contribution in [0.1, 0.15) is 27.7 Å². The minimum atomic E-state index is 0.773. The van der Waals surface area contributed by atoms with E-state index in [9.17, 15) is 0 Å². The Labute approximate surface area is 98.3 Å². The van der Waals surface area contributed by atoms with Gasteiger partial charge in [0, 0.05) is 32.2 Å². The van der Waals surface area contributed by atoms with Gasteiger partial charge in [-0.1, -0.05) is 0 Å². The molecule has 0 N–H and O–H groups in total. The molecule has 0 fully saturated rings. The fourth-order valence-corrected chi connectivity index (χ4v) is 1.66. The molecule has 0 amide bonds. The lowest BCUT2D eigenvalue weighted by Crippen LogP contribution is -2.27. The molecule has 0 aliphatic carbocycles. The molecule has 1 heterocycles. The van der Waals surface area contributed by atoms with Gasteiger partial charge in [0.25, 0.3) is 0 Å². The van der Waals surface area contributed by atoms with Gasteiger partial charge in [0.05, 0.1) is 6.20 Å². The average molecular weight is 221 g/mol. The zero-order valence-electron chi connectivity index (χ0n) is 10.7. The van der Waals surface area contributed by atoms with Crippen molar-refractivity contribution < 1.29 is 0 Å². The topological polar surface area (TPSA) is 32.3 Å². The Kier molecular flexibility index (Phi) is 5.02. The Morgan fingerprint density at radius 3 is 2.06 bits per heavy atom. The third kappa shape index (κ3) is 2.84. The van der Waals surface area contributed by atoms with Crippen molar-refractivity contribution in [3.8, 4) is 0 Å². The van der Waals surface area contributed by atoms with E-state index in [-0.39, 0.29) is 0 Å². The summed E-state index contributed by atoms with van der Waals surface area (Å²) < 4.78 is 0. The quantitative estimate of drug-likeness (QED) is 0.735. The highest BCUT2D eigenvalue weighted by atomic mass is 15.3. The van der Waals surface area contributed by atoms with E-state index in [1.165, 1.54) is 0 Å². The summed E-state index contributed by atoms with van der Waals surface area (Å²) in [6.45, 7) is 12.2. The van der Waals surface area contributed by atoms with Crippen LogP contribution in [0.3, 0.4) is 0 Å². The number of hydrogen-bond donors (Lipinski definition) is 0. The zero-order valence-corrected chi connectivity index (χ0v) is 10.7. The molecular formula is C12H21N4. The Bertz CT molecular complexity index is 278. The molecule has 89 valence electrons. The largest absolute Gasteiger partial charge is 0.357 e. The molecule has 0 spiro atoms. The first-order valence-corrected chi connectivity index (χ1v) is 6.01. The van der Waals surface area contributed by atoms with Crippen molar-refractivity contribution in [3.63, 3.8) is 0 Å². The van der Waals surface area contributed by atoms with Crippen LogP contribution in [0, 0.1) is 6.20 Å². The molecule has 1 aromatic heterocycles. The molecule has 0 unspecified atom stereocenters. The van der Waals surface area contributed by atoms with E-state index in [1.807, 2.05) is 6.07 Å². The molecule has 0 aliphatic rings. The third-order valence-corrected chi connectivity index (χ3v) is 2.71. The molecule has 0 aliphatic heterocycles. The minimum Gasteiger partial charge on any atom is -0.357 e. The van der Waals surface area contributed by atoms with E-state index in [0.29, 0.717) is 0 Å². The molecule has 4 nitrogen and oxygen atoms in total. The maximum atomic E-state index is 4.57. The van der Waals surface area contributed by atoms with Gasteiger partial charge in [-0.3, -0.25) is 0 Å². The van der Waals surface area contributed by atoms with Crippen LogP contribution in [-0.4, -0.2) is 36.1 Å². The van der Waals surface area contributed by atoms with Crippen LogP contribution in [0.5, 0.6) is 0 Å². The highest BCUT2D eigenvalue weighted by Gasteiger charge is 2.08. The molecule has 1 aromatic rings. The first-order valence-electron chi connectivity index (χ1n) is 6.01. The molecule has 16 heavy (non-hydrogen) atoms. The van der Waals surface area contributed by atoms with Gasteiger partial charge in [0.15, 0.2) is 0 Å². The molecule has 0 saturated heterocycles. The van der Waals surface area contributed by atoms with Crippen LogP contribution in [0.15, 0.2) is 6.07 Å². The summed E-state index contributed by atoms with van der Waals surface area (Å²) in [5.41, 5.74) is 0. The molecular weight excluding hydrogens is 200 g/mol. The summed E-state index contributed by atoms with van der Waals surface area (Å²) in [7, 11) is 0. The first kappa shape index (κ1) is 12.7. The van der Waals surface area contributed by atoms with Crippen molar-refractivity contribution in [2.45, 2.75) is 27.7 Å². The fourth-order valence-electron chi connectivity index (χ4n) is 1.66. The van der Waals surface area contributed by atoms with Crippen molar-refractivity contribution >= 4 is 11.8 Å². The van der Waals surface area contributed by atoms with Crippen LogP contribution in [0.4, 0.5) is 11.8 Å². The molecule has 1 rings (SSSR count). The number of hydrogen-bond acceptors (Lipinski definition) is 4. The van der Waals surface area contributed by atoms with Crippen molar-refractivity contribution in [1.82, 2.24) is 9.97 Å². The smallest absolute Gasteiger partial charge is 0.227 e. The minimum absolute atomic E-state index is 0.773. The lowest BCUT2D eigenvalue weighted by atomic mass is 10.4. The lowest BCUT2D eigenvalue weighted by molar-refractivity contribution is 0.798. The van der Waals surface area contributed by atoms with Gasteiger partial charge in [-0.25, -0.2) is 4.98 Å². The van der Waals surface area contributed by atoms with Gasteiger partial charge in [0.2, 0.25) is 5.95 Å². The highest BCUT2D eigenvalue weighted by molar-refractivity contribution is 5.43. The zero-order chi connectivity index (χ0) is 12.0. The second-order valence-electron chi connectivity index (χ2n) is 3.50. The monoisotopic (exact) mass is 221 g/mol. The summed E-state index contributed by atoms with van der Waals surface area (Å²) in [6.07, 6.45) is 2.93. The van der Waals surface area contributed by atoms with E-state index >= 15 is 0 Å². The van der Waals surface area contributed by atoms with E-state index in [2.05, 4.69) is 53.7 Å². The lowest BCUT2D eigenvalue weighted by Gasteiger charge is -2.23. The first-order chi connectivity index (χ1) is 7.76. The van der Waals surface area contributed by atoms with Crippen LogP contribution in [-0.2, 0) is 0 Å². The van der Waals surface area contributed by atoms with Gasteiger partial charge in [-0.2, -0.15) is 4.98 Å². The SMILES string of the molecule is CCN(CC)c1c[c]nc(N(CC)CC)n1. The average Bonchev–Trinajstić information content (AvgIpc) is 2.33. The number of rotatable bonds is 6. The Morgan fingerprint density at radius 1 is 1.00 bits per heavy atom. The van der Waals surface area contributed by atoms with Gasteiger partial charge >= 0.3 is 0 Å². The molecule has 0 aromatic carbocycles. The van der Waals surface area contributed by atoms with Gasteiger partial charge in [0.1, 0.15) is 5.82 Å². The Morgan fingerprint density at radius 2 is 1.56 bits per heavy atom. The summed E-state index contributed by atoms with van der Waals surface area (Å²) in [4.78, 5) is 13.1. The summed E-state index contributed by atoms with van der Waals surface area (Å²) >= 11 is 0. The van der Waals surface area contributed by atoms with Crippen LogP contribution in [0.25, 0.3) is 0 Å². The van der Waals surface area contributed by atoms with Gasteiger partial charge in [-0.05, 0) is 27.7 Å². The van der Waals surface area contributed by atoms with Crippen LogP contribution < -0.4 is 9.80 Å². The second kappa shape index (κ2) is 6.30. The molecule has 0 atom stereocenters. The van der Waals surface area contributed by atoms with Crippen LogP contribution in [0.2, 0.25) is 0 Å². The third-order valence-electron chi connectivity index (χ3n) is 2.71. The number of anilines is 2. The predicted octanol–water partition coefficient (Wildman–Crippen LogP) is 1.97. The molecule has 4 heteroatoms. The van der Waals surface area contributed by atoms with Crippen molar-refractivity contribution in [1.29, 1.82) is 0 Å². The maximum absolute atomic E-state index is 4.57. The number of nitrogens with zero attached hydrogens (tertiary/aromatic N) is 4. The van der Waals surface area contributed by atoms with Gasteiger partial charge in [-0.15, -0.1) is 0 Å². The highest BCUT2D eigenvalue weighted by Crippen LogP contribution is 2.13. The molecule has 0 saturated carbocycles. The van der Waals surface area contributed by atoms with Crippen molar-refractivity contribution in [2.75, 3.05) is 36.0 Å². The fraction of sp³-hybridized carbons (Fsp3) is 0.667. The summed E-state index contributed by atoms with van der Waals surface area (Å²) in [5.74, 6) is 1.73. The second-order valence-corrected chi connectivity index (χ2v) is 3.50. The number of aromatic nitrogens is 2. The van der Waals surface area contributed by atoms with E-state index in [0.717, 1.165) is 37.9 Å². The predicted molar refractivity (Wildman–Crippen MR) is 68.0 cm³/mol. The summed E-state index contributed by atoms with van der Waals surface area (Å²) in [6, 6.07) is 1.85. The van der Waals surface area contributed by atoms with E-state index in [1.54, 1.807) is 0 Å². The van der Waals surface area contributed by atoms with E-state index in [4.69, 9.17) is 0 Å². The van der Waals surface area contributed by atoms with Gasteiger partial charge < -0.3 is 9.80 Å². The van der Waals surface area contributed by atoms with Crippen molar-refractivity contribution in [2.24, 2.45) is 0 Å². The van der Waals surface area contributed by atoms with Crippen molar-refractivity contribution in [3.05, 3.63) is 12.3 Å². The Hall–Kier alpha value is -1.32.